The van der Waals surface area contributed by atoms with Gasteiger partial charge in [0.1, 0.15) is 5.75 Å². The number of tetrazole rings is 1. The Labute approximate surface area is 119 Å². The van der Waals surface area contributed by atoms with E-state index in [1.807, 2.05) is 12.1 Å². The minimum absolute atomic E-state index is 0.000907. The molecule has 0 aliphatic carbocycles. The van der Waals surface area contributed by atoms with Crippen LogP contribution >= 0.6 is 23.4 Å². The predicted octanol–water partition coefficient (Wildman–Crippen LogP) is 1.62. The standard InChI is InChI=1S/C11H13ClN4O2S/c1-18-10-3-2-9(12)6-8(10)7-19-11-13-14-15-16(11)4-5-17/h2-3,6,17H,4-5,7H2,1H3. The van der Waals surface area contributed by atoms with Crippen molar-refractivity contribution >= 4 is 23.4 Å². The average Bonchev–Trinajstić information content (AvgIpc) is 2.84. The summed E-state index contributed by atoms with van der Waals surface area (Å²) in [6.45, 7) is 0.376. The molecule has 19 heavy (non-hydrogen) atoms. The summed E-state index contributed by atoms with van der Waals surface area (Å²) in [7, 11) is 1.62. The van der Waals surface area contributed by atoms with Gasteiger partial charge in [-0.15, -0.1) is 5.10 Å². The molecule has 0 aliphatic heterocycles. The van der Waals surface area contributed by atoms with Gasteiger partial charge in [0.15, 0.2) is 0 Å². The summed E-state index contributed by atoms with van der Waals surface area (Å²) in [5.41, 5.74) is 0.971. The van der Waals surface area contributed by atoms with Crippen LogP contribution in [0.5, 0.6) is 5.75 Å². The molecule has 1 aromatic heterocycles. The van der Waals surface area contributed by atoms with Crippen LogP contribution in [0.1, 0.15) is 5.56 Å². The van der Waals surface area contributed by atoms with Gasteiger partial charge in [-0.2, -0.15) is 0 Å². The molecule has 0 amide bonds. The van der Waals surface area contributed by atoms with E-state index in [1.165, 1.54) is 11.8 Å². The lowest BCUT2D eigenvalue weighted by Gasteiger charge is -2.08. The number of aromatic nitrogens is 4. The summed E-state index contributed by atoms with van der Waals surface area (Å²) in [6, 6.07) is 5.47. The van der Waals surface area contributed by atoms with Crippen LogP contribution in [0.15, 0.2) is 23.4 Å². The van der Waals surface area contributed by atoms with Crippen molar-refractivity contribution in [2.24, 2.45) is 0 Å². The first-order chi connectivity index (χ1) is 9.24. The molecule has 1 N–H and O–H groups in total. The molecule has 0 unspecified atom stereocenters. The van der Waals surface area contributed by atoms with Crippen LogP contribution in [0.25, 0.3) is 0 Å². The van der Waals surface area contributed by atoms with Gasteiger partial charge in [0.05, 0.1) is 20.3 Å². The molecule has 2 rings (SSSR count). The van der Waals surface area contributed by atoms with Crippen molar-refractivity contribution in [3.05, 3.63) is 28.8 Å². The molecule has 1 heterocycles. The van der Waals surface area contributed by atoms with Crippen LogP contribution in [0.4, 0.5) is 0 Å². The Morgan fingerprint density at radius 2 is 2.32 bits per heavy atom. The molecule has 0 fully saturated rings. The Bertz CT molecular complexity index is 549. The van der Waals surface area contributed by atoms with E-state index < -0.39 is 0 Å². The zero-order chi connectivity index (χ0) is 13.7. The van der Waals surface area contributed by atoms with E-state index in [0.717, 1.165) is 11.3 Å². The third-order valence-corrected chi connectivity index (χ3v) is 3.65. The van der Waals surface area contributed by atoms with Crippen LogP contribution in [0.3, 0.4) is 0 Å². The zero-order valence-corrected chi connectivity index (χ0v) is 11.9. The van der Waals surface area contributed by atoms with E-state index in [2.05, 4.69) is 15.5 Å². The first kappa shape index (κ1) is 14.1. The highest BCUT2D eigenvalue weighted by Crippen LogP contribution is 2.28. The number of aliphatic hydroxyl groups excluding tert-OH is 1. The number of ether oxygens (including phenoxy) is 1. The number of halogens is 1. The summed E-state index contributed by atoms with van der Waals surface area (Å²) in [5.74, 6) is 1.41. The van der Waals surface area contributed by atoms with Gasteiger partial charge in [0.2, 0.25) is 5.16 Å². The Kier molecular flexibility index (Phi) is 5.00. The lowest BCUT2D eigenvalue weighted by molar-refractivity contribution is 0.262. The fraction of sp³-hybridized carbons (Fsp3) is 0.364. The molecule has 8 heteroatoms. The summed E-state index contributed by atoms with van der Waals surface area (Å²) < 4.78 is 6.83. The molecule has 1 aromatic carbocycles. The second-order valence-corrected chi connectivity index (χ2v) is 5.03. The first-order valence-electron chi connectivity index (χ1n) is 5.57. The molecular formula is C11H13ClN4O2S. The van der Waals surface area contributed by atoms with Gasteiger partial charge in [-0.1, -0.05) is 23.4 Å². The van der Waals surface area contributed by atoms with Gasteiger partial charge < -0.3 is 9.84 Å². The highest BCUT2D eigenvalue weighted by Gasteiger charge is 2.09. The van der Waals surface area contributed by atoms with Gasteiger partial charge in [-0.3, -0.25) is 0 Å². The molecule has 0 saturated carbocycles. The maximum absolute atomic E-state index is 8.90. The Morgan fingerprint density at radius 1 is 1.47 bits per heavy atom. The van der Waals surface area contributed by atoms with Crippen LogP contribution in [0, 0.1) is 0 Å². The molecule has 6 nitrogen and oxygen atoms in total. The molecule has 102 valence electrons. The van der Waals surface area contributed by atoms with E-state index in [-0.39, 0.29) is 6.61 Å². The van der Waals surface area contributed by atoms with Crippen molar-refractivity contribution in [1.82, 2.24) is 20.2 Å². The van der Waals surface area contributed by atoms with Crippen molar-refractivity contribution in [1.29, 1.82) is 0 Å². The smallest absolute Gasteiger partial charge is 0.209 e. The molecule has 0 spiro atoms. The zero-order valence-electron chi connectivity index (χ0n) is 10.3. The first-order valence-corrected chi connectivity index (χ1v) is 6.93. The molecule has 0 radical (unpaired) electrons. The maximum Gasteiger partial charge on any atom is 0.209 e. The van der Waals surface area contributed by atoms with Crippen molar-refractivity contribution in [2.75, 3.05) is 13.7 Å². The predicted molar refractivity (Wildman–Crippen MR) is 72.5 cm³/mol. The number of benzene rings is 1. The summed E-state index contributed by atoms with van der Waals surface area (Å²) in [5, 5.41) is 21.5. The van der Waals surface area contributed by atoms with Crippen LogP contribution in [-0.4, -0.2) is 39.0 Å². The third-order valence-electron chi connectivity index (χ3n) is 2.41. The molecule has 0 atom stereocenters. The number of aliphatic hydroxyl groups is 1. The Morgan fingerprint density at radius 3 is 3.05 bits per heavy atom. The summed E-state index contributed by atoms with van der Waals surface area (Å²) in [4.78, 5) is 0. The van der Waals surface area contributed by atoms with Crippen LogP contribution in [-0.2, 0) is 12.3 Å². The van der Waals surface area contributed by atoms with Crippen molar-refractivity contribution in [3.63, 3.8) is 0 Å². The molecular weight excluding hydrogens is 288 g/mol. The highest BCUT2D eigenvalue weighted by atomic mass is 35.5. The number of rotatable bonds is 6. The van der Waals surface area contributed by atoms with Gasteiger partial charge in [0.25, 0.3) is 0 Å². The number of nitrogens with zero attached hydrogens (tertiary/aromatic N) is 4. The van der Waals surface area contributed by atoms with Gasteiger partial charge >= 0.3 is 0 Å². The van der Waals surface area contributed by atoms with Gasteiger partial charge in [0, 0.05) is 16.3 Å². The average molecular weight is 301 g/mol. The molecule has 2 aromatic rings. The van der Waals surface area contributed by atoms with E-state index in [4.69, 9.17) is 21.4 Å². The largest absolute Gasteiger partial charge is 0.496 e. The monoisotopic (exact) mass is 300 g/mol. The summed E-state index contributed by atoms with van der Waals surface area (Å²) >= 11 is 7.43. The van der Waals surface area contributed by atoms with Crippen molar-refractivity contribution in [2.45, 2.75) is 17.5 Å². The van der Waals surface area contributed by atoms with Crippen molar-refractivity contribution < 1.29 is 9.84 Å². The van der Waals surface area contributed by atoms with E-state index >= 15 is 0 Å². The minimum Gasteiger partial charge on any atom is -0.496 e. The van der Waals surface area contributed by atoms with Gasteiger partial charge in [-0.25, -0.2) is 4.68 Å². The van der Waals surface area contributed by atoms with E-state index in [0.29, 0.717) is 22.5 Å². The Hall–Kier alpha value is -1.31. The highest BCUT2D eigenvalue weighted by molar-refractivity contribution is 7.98. The van der Waals surface area contributed by atoms with Crippen LogP contribution in [0.2, 0.25) is 5.02 Å². The quantitative estimate of drug-likeness (QED) is 0.817. The van der Waals surface area contributed by atoms with E-state index in [9.17, 15) is 0 Å². The molecule has 0 saturated heterocycles. The molecule has 0 bridgehead atoms. The normalized spacial score (nSPS) is 10.7. The SMILES string of the molecule is COc1ccc(Cl)cc1CSc1nnnn1CCO. The van der Waals surface area contributed by atoms with E-state index in [1.54, 1.807) is 17.9 Å². The topological polar surface area (TPSA) is 73.1 Å². The van der Waals surface area contributed by atoms with Crippen LogP contribution < -0.4 is 4.74 Å². The minimum atomic E-state index is -0.000907. The number of hydrogen-bond acceptors (Lipinski definition) is 6. The second-order valence-electron chi connectivity index (χ2n) is 3.65. The fourth-order valence-electron chi connectivity index (χ4n) is 1.54. The van der Waals surface area contributed by atoms with Gasteiger partial charge in [-0.05, 0) is 28.6 Å². The number of thioether (sulfide) groups is 1. The fourth-order valence-corrected chi connectivity index (χ4v) is 2.61. The number of methoxy groups -OCH3 is 1. The number of hydrogen-bond donors (Lipinski definition) is 1. The maximum atomic E-state index is 8.90. The molecule has 0 aliphatic rings. The summed E-state index contributed by atoms with van der Waals surface area (Å²) in [6.07, 6.45) is 0. The van der Waals surface area contributed by atoms with Crippen molar-refractivity contribution in [3.8, 4) is 5.75 Å². The third kappa shape index (κ3) is 3.59. The second kappa shape index (κ2) is 6.74. The lowest BCUT2D eigenvalue weighted by atomic mass is 10.2. The Balaban J connectivity index is 2.09. The lowest BCUT2D eigenvalue weighted by Crippen LogP contribution is -2.05.